The highest BCUT2D eigenvalue weighted by molar-refractivity contribution is 5.67. The van der Waals surface area contributed by atoms with Crippen LogP contribution in [-0.4, -0.2) is 43.0 Å². The number of likely N-dealkylation sites (N-methyl/N-ethyl adjacent to an activating group) is 1. The Morgan fingerprint density at radius 3 is 2.54 bits per heavy atom. The van der Waals surface area contributed by atoms with Crippen molar-refractivity contribution in [2.45, 2.75) is 32.4 Å². The Bertz CT molecular complexity index is 679. The number of aryl methyl sites for hydroxylation is 1. The van der Waals surface area contributed by atoms with Crippen LogP contribution in [0.3, 0.4) is 0 Å². The minimum absolute atomic E-state index is 0.173. The van der Waals surface area contributed by atoms with Gasteiger partial charge in [0.25, 0.3) is 0 Å². The summed E-state index contributed by atoms with van der Waals surface area (Å²) in [7, 11) is 4.35. The summed E-state index contributed by atoms with van der Waals surface area (Å²) in [4.78, 5) is 4.89. The van der Waals surface area contributed by atoms with Gasteiger partial charge in [0.05, 0.1) is 0 Å². The molecule has 1 aliphatic rings. The maximum Gasteiger partial charge on any atom is 0.123 e. The summed E-state index contributed by atoms with van der Waals surface area (Å²) in [5.41, 5.74) is 4.58. The van der Waals surface area contributed by atoms with Crippen molar-refractivity contribution < 1.29 is 4.39 Å². The van der Waals surface area contributed by atoms with E-state index in [-0.39, 0.29) is 5.82 Å². The molecular weight excluding hydrogens is 299 g/mol. The van der Waals surface area contributed by atoms with Crippen LogP contribution in [0.4, 0.5) is 4.39 Å². The molecule has 1 unspecified atom stereocenters. The highest BCUT2D eigenvalue weighted by Gasteiger charge is 2.21. The predicted octanol–water partition coefficient (Wildman–Crippen LogP) is 4.33. The van der Waals surface area contributed by atoms with Crippen molar-refractivity contribution >= 4 is 0 Å². The first-order valence-electron chi connectivity index (χ1n) is 8.77. The van der Waals surface area contributed by atoms with Crippen LogP contribution in [0, 0.1) is 12.7 Å². The number of halogens is 1. The molecule has 128 valence electrons. The zero-order valence-corrected chi connectivity index (χ0v) is 14.9. The standard InChI is InChI=1S/C21H27FN2/c1-16-13-19(22)10-11-21(16)18-8-6-17(7-9-18)14-24-12-4-5-20(15-24)23(2)3/h6-11,13,20H,4-5,12,14-15H2,1-3H3. The van der Waals surface area contributed by atoms with Crippen molar-refractivity contribution in [3.63, 3.8) is 0 Å². The Balaban J connectivity index is 1.68. The number of likely N-dealkylation sites (tertiary alicyclic amines) is 1. The first-order chi connectivity index (χ1) is 11.5. The van der Waals surface area contributed by atoms with Gasteiger partial charge in [-0.1, -0.05) is 30.3 Å². The summed E-state index contributed by atoms with van der Waals surface area (Å²) in [5.74, 6) is -0.173. The molecule has 0 N–H and O–H groups in total. The lowest BCUT2D eigenvalue weighted by molar-refractivity contribution is 0.128. The molecule has 1 fully saturated rings. The Morgan fingerprint density at radius 1 is 1.12 bits per heavy atom. The zero-order chi connectivity index (χ0) is 17.1. The third-order valence-electron chi connectivity index (χ3n) is 5.07. The monoisotopic (exact) mass is 326 g/mol. The first-order valence-corrected chi connectivity index (χ1v) is 8.77. The van der Waals surface area contributed by atoms with Crippen LogP contribution in [0.15, 0.2) is 42.5 Å². The van der Waals surface area contributed by atoms with Crippen LogP contribution in [0.25, 0.3) is 11.1 Å². The van der Waals surface area contributed by atoms with E-state index in [1.807, 2.05) is 13.0 Å². The van der Waals surface area contributed by atoms with Crippen LogP contribution in [0.2, 0.25) is 0 Å². The third kappa shape index (κ3) is 4.03. The Kier molecular flexibility index (Phi) is 5.32. The van der Waals surface area contributed by atoms with E-state index >= 15 is 0 Å². The molecule has 1 heterocycles. The van der Waals surface area contributed by atoms with E-state index in [0.717, 1.165) is 29.8 Å². The summed E-state index contributed by atoms with van der Waals surface area (Å²) in [6.45, 7) is 5.30. The molecule has 0 amide bonds. The number of nitrogens with zero attached hydrogens (tertiary/aromatic N) is 2. The van der Waals surface area contributed by atoms with Gasteiger partial charge in [0.2, 0.25) is 0 Å². The fraction of sp³-hybridized carbons (Fsp3) is 0.429. The van der Waals surface area contributed by atoms with Crippen molar-refractivity contribution in [2.24, 2.45) is 0 Å². The highest BCUT2D eigenvalue weighted by Crippen LogP contribution is 2.25. The molecule has 0 radical (unpaired) electrons. The number of piperidine rings is 1. The number of hydrogen-bond acceptors (Lipinski definition) is 2. The molecule has 24 heavy (non-hydrogen) atoms. The van der Waals surface area contributed by atoms with Gasteiger partial charge in [-0.3, -0.25) is 4.90 Å². The molecule has 1 atom stereocenters. The second kappa shape index (κ2) is 7.45. The van der Waals surface area contributed by atoms with Crippen LogP contribution in [0.1, 0.15) is 24.0 Å². The summed E-state index contributed by atoms with van der Waals surface area (Å²) in [6.07, 6.45) is 2.57. The molecule has 0 aromatic heterocycles. The van der Waals surface area contributed by atoms with Gasteiger partial charge in [0, 0.05) is 19.1 Å². The Labute approximate surface area is 144 Å². The molecule has 2 aromatic carbocycles. The minimum Gasteiger partial charge on any atom is -0.305 e. The largest absolute Gasteiger partial charge is 0.305 e. The van der Waals surface area contributed by atoms with Crippen molar-refractivity contribution in [3.05, 3.63) is 59.4 Å². The highest BCUT2D eigenvalue weighted by atomic mass is 19.1. The van der Waals surface area contributed by atoms with E-state index < -0.39 is 0 Å². The summed E-state index contributed by atoms with van der Waals surface area (Å²) in [6, 6.07) is 14.4. The molecule has 3 rings (SSSR count). The fourth-order valence-corrected chi connectivity index (χ4v) is 3.60. The molecule has 2 nitrogen and oxygen atoms in total. The van der Waals surface area contributed by atoms with Crippen LogP contribution in [-0.2, 0) is 6.54 Å². The molecule has 2 aromatic rings. The topological polar surface area (TPSA) is 6.48 Å². The van der Waals surface area contributed by atoms with Gasteiger partial charge in [0.15, 0.2) is 0 Å². The van der Waals surface area contributed by atoms with Crippen molar-refractivity contribution in [1.82, 2.24) is 9.80 Å². The van der Waals surface area contributed by atoms with Crippen molar-refractivity contribution in [3.8, 4) is 11.1 Å². The molecule has 0 aliphatic carbocycles. The second-order valence-corrected chi connectivity index (χ2v) is 7.15. The molecule has 0 bridgehead atoms. The van der Waals surface area contributed by atoms with Crippen molar-refractivity contribution in [2.75, 3.05) is 27.2 Å². The predicted molar refractivity (Wildman–Crippen MR) is 98.6 cm³/mol. The maximum atomic E-state index is 13.3. The van der Waals surface area contributed by atoms with Gasteiger partial charge in [-0.05, 0) is 74.8 Å². The lowest BCUT2D eigenvalue weighted by atomic mass is 9.99. The second-order valence-electron chi connectivity index (χ2n) is 7.15. The number of rotatable bonds is 4. The minimum atomic E-state index is -0.173. The normalized spacial score (nSPS) is 19.0. The molecule has 3 heteroatoms. The molecular formula is C21H27FN2. The molecule has 0 saturated carbocycles. The van der Waals surface area contributed by atoms with Gasteiger partial charge in [-0.25, -0.2) is 4.39 Å². The maximum absolute atomic E-state index is 13.3. The smallest absolute Gasteiger partial charge is 0.123 e. The summed E-state index contributed by atoms with van der Waals surface area (Å²) in [5, 5.41) is 0. The van der Waals surface area contributed by atoms with E-state index in [9.17, 15) is 4.39 Å². The van der Waals surface area contributed by atoms with Crippen LogP contribution in [0.5, 0.6) is 0 Å². The van der Waals surface area contributed by atoms with E-state index in [4.69, 9.17) is 0 Å². The summed E-state index contributed by atoms with van der Waals surface area (Å²) < 4.78 is 13.3. The van der Waals surface area contributed by atoms with Gasteiger partial charge in [-0.15, -0.1) is 0 Å². The average Bonchev–Trinajstić information content (AvgIpc) is 2.56. The van der Waals surface area contributed by atoms with E-state index in [0.29, 0.717) is 6.04 Å². The quantitative estimate of drug-likeness (QED) is 0.825. The van der Waals surface area contributed by atoms with E-state index in [1.165, 1.54) is 31.0 Å². The SMILES string of the molecule is Cc1cc(F)ccc1-c1ccc(CN2CCCC(N(C)C)C2)cc1. The fourth-order valence-electron chi connectivity index (χ4n) is 3.60. The molecule has 1 saturated heterocycles. The Hall–Kier alpha value is -1.71. The third-order valence-corrected chi connectivity index (χ3v) is 5.07. The number of hydrogen-bond donors (Lipinski definition) is 0. The van der Waals surface area contributed by atoms with Crippen molar-refractivity contribution in [1.29, 1.82) is 0 Å². The van der Waals surface area contributed by atoms with Gasteiger partial charge >= 0.3 is 0 Å². The van der Waals surface area contributed by atoms with Gasteiger partial charge in [0.1, 0.15) is 5.82 Å². The zero-order valence-electron chi connectivity index (χ0n) is 14.9. The molecule has 0 spiro atoms. The molecule has 1 aliphatic heterocycles. The van der Waals surface area contributed by atoms with Crippen LogP contribution >= 0.6 is 0 Å². The Morgan fingerprint density at radius 2 is 1.88 bits per heavy atom. The first kappa shape index (κ1) is 17.1. The number of benzene rings is 2. The lowest BCUT2D eigenvalue weighted by Crippen LogP contribution is -2.44. The van der Waals surface area contributed by atoms with E-state index in [2.05, 4.69) is 48.2 Å². The average molecular weight is 326 g/mol. The van der Waals surface area contributed by atoms with Gasteiger partial charge in [-0.2, -0.15) is 0 Å². The van der Waals surface area contributed by atoms with E-state index in [1.54, 1.807) is 6.07 Å². The van der Waals surface area contributed by atoms with Crippen LogP contribution < -0.4 is 0 Å². The van der Waals surface area contributed by atoms with Gasteiger partial charge < -0.3 is 4.90 Å². The lowest BCUT2D eigenvalue weighted by Gasteiger charge is -2.36. The summed E-state index contributed by atoms with van der Waals surface area (Å²) >= 11 is 0.